The van der Waals surface area contributed by atoms with Crippen molar-refractivity contribution in [1.82, 2.24) is 10.3 Å². The topological polar surface area (TPSA) is 67.2 Å². The highest BCUT2D eigenvalue weighted by atomic mass is 16.4. The normalized spacial score (nSPS) is 21.7. The van der Waals surface area contributed by atoms with Crippen LogP contribution >= 0.6 is 0 Å². The van der Waals surface area contributed by atoms with Crippen molar-refractivity contribution in [3.8, 4) is 0 Å². The summed E-state index contributed by atoms with van der Waals surface area (Å²) >= 11 is 0. The van der Waals surface area contributed by atoms with Gasteiger partial charge in [-0.05, 0) is 19.4 Å². The van der Waals surface area contributed by atoms with Crippen LogP contribution in [0, 0.1) is 0 Å². The zero-order chi connectivity index (χ0) is 9.10. The van der Waals surface area contributed by atoms with Gasteiger partial charge in [-0.15, -0.1) is 0 Å². The van der Waals surface area contributed by atoms with E-state index in [9.17, 15) is 4.79 Å². The molecule has 0 unspecified atom stereocenters. The molecule has 1 saturated heterocycles. The SMILES string of the molecule is O=C(Nc1cnco1)[C@@H]1CCCN1. The minimum Gasteiger partial charge on any atom is -0.428 e. The zero-order valence-corrected chi connectivity index (χ0v) is 7.12. The van der Waals surface area contributed by atoms with Crippen LogP contribution in [0.2, 0.25) is 0 Å². The van der Waals surface area contributed by atoms with Gasteiger partial charge in [-0.1, -0.05) is 0 Å². The molecule has 1 aromatic heterocycles. The smallest absolute Gasteiger partial charge is 0.243 e. The molecule has 0 aliphatic carbocycles. The number of aromatic nitrogens is 1. The maximum Gasteiger partial charge on any atom is 0.243 e. The molecule has 1 amide bonds. The van der Waals surface area contributed by atoms with Crippen LogP contribution in [-0.2, 0) is 4.79 Å². The Morgan fingerprint density at radius 3 is 3.31 bits per heavy atom. The van der Waals surface area contributed by atoms with Crippen LogP contribution in [0.4, 0.5) is 5.88 Å². The molecule has 2 heterocycles. The lowest BCUT2D eigenvalue weighted by Crippen LogP contribution is -2.35. The molecular weight excluding hydrogens is 170 g/mol. The zero-order valence-electron chi connectivity index (χ0n) is 7.12. The molecule has 1 fully saturated rings. The molecule has 5 heteroatoms. The summed E-state index contributed by atoms with van der Waals surface area (Å²) in [7, 11) is 0. The summed E-state index contributed by atoms with van der Waals surface area (Å²) in [4.78, 5) is 15.2. The van der Waals surface area contributed by atoms with E-state index in [2.05, 4.69) is 15.6 Å². The molecule has 1 atom stereocenters. The van der Waals surface area contributed by atoms with E-state index in [1.807, 2.05) is 0 Å². The summed E-state index contributed by atoms with van der Waals surface area (Å²) in [6, 6.07) is -0.0786. The Bertz CT molecular complexity index is 278. The van der Waals surface area contributed by atoms with E-state index in [4.69, 9.17) is 4.42 Å². The van der Waals surface area contributed by atoms with Gasteiger partial charge in [0.1, 0.15) is 0 Å². The molecule has 5 nitrogen and oxygen atoms in total. The first-order valence-corrected chi connectivity index (χ1v) is 4.29. The van der Waals surface area contributed by atoms with E-state index in [-0.39, 0.29) is 11.9 Å². The molecule has 0 bridgehead atoms. The number of nitrogens with zero attached hydrogens (tertiary/aromatic N) is 1. The Labute approximate surface area is 75.5 Å². The van der Waals surface area contributed by atoms with E-state index in [1.54, 1.807) is 0 Å². The number of carbonyl (C=O) groups is 1. The second-order valence-corrected chi connectivity index (χ2v) is 3.00. The Morgan fingerprint density at radius 1 is 1.77 bits per heavy atom. The third-order valence-corrected chi connectivity index (χ3v) is 2.06. The van der Waals surface area contributed by atoms with Gasteiger partial charge in [-0.3, -0.25) is 10.1 Å². The summed E-state index contributed by atoms with van der Waals surface area (Å²) in [6.45, 7) is 0.911. The molecule has 1 aliphatic heterocycles. The van der Waals surface area contributed by atoms with Crippen LogP contribution in [0.1, 0.15) is 12.8 Å². The number of nitrogens with one attached hydrogen (secondary N) is 2. The lowest BCUT2D eigenvalue weighted by molar-refractivity contribution is -0.117. The maximum atomic E-state index is 11.5. The molecule has 2 N–H and O–H groups in total. The van der Waals surface area contributed by atoms with Crippen LogP contribution in [0.3, 0.4) is 0 Å². The molecule has 70 valence electrons. The maximum absolute atomic E-state index is 11.5. The van der Waals surface area contributed by atoms with Crippen molar-refractivity contribution in [3.05, 3.63) is 12.6 Å². The Kier molecular flexibility index (Phi) is 2.27. The van der Waals surface area contributed by atoms with E-state index >= 15 is 0 Å². The summed E-state index contributed by atoms with van der Waals surface area (Å²) < 4.78 is 4.89. The molecule has 0 aromatic carbocycles. The van der Waals surface area contributed by atoms with Gasteiger partial charge in [-0.25, -0.2) is 4.98 Å². The van der Waals surface area contributed by atoms with Gasteiger partial charge < -0.3 is 9.73 Å². The van der Waals surface area contributed by atoms with Crippen molar-refractivity contribution in [1.29, 1.82) is 0 Å². The van der Waals surface area contributed by atoms with Gasteiger partial charge >= 0.3 is 0 Å². The third-order valence-electron chi connectivity index (χ3n) is 2.06. The minimum atomic E-state index is -0.0786. The molecule has 0 saturated carbocycles. The number of hydrogen-bond acceptors (Lipinski definition) is 4. The van der Waals surface area contributed by atoms with Crippen LogP contribution < -0.4 is 10.6 Å². The van der Waals surface area contributed by atoms with Crippen LogP contribution in [0.5, 0.6) is 0 Å². The molecular formula is C8H11N3O2. The Balaban J connectivity index is 1.91. The van der Waals surface area contributed by atoms with Crippen molar-refractivity contribution in [2.24, 2.45) is 0 Å². The number of carbonyl (C=O) groups excluding carboxylic acids is 1. The van der Waals surface area contributed by atoms with Gasteiger partial charge in [0, 0.05) is 0 Å². The predicted octanol–water partition coefficient (Wildman–Crippen LogP) is 0.365. The van der Waals surface area contributed by atoms with E-state index in [0.717, 1.165) is 19.4 Å². The first-order chi connectivity index (χ1) is 6.36. The molecule has 13 heavy (non-hydrogen) atoms. The van der Waals surface area contributed by atoms with E-state index < -0.39 is 0 Å². The average Bonchev–Trinajstić information content (AvgIpc) is 2.74. The van der Waals surface area contributed by atoms with Gasteiger partial charge in [0.05, 0.1) is 12.2 Å². The number of oxazole rings is 1. The number of rotatable bonds is 2. The fraction of sp³-hybridized carbons (Fsp3) is 0.500. The molecule has 2 rings (SSSR count). The van der Waals surface area contributed by atoms with Crippen LogP contribution in [-0.4, -0.2) is 23.5 Å². The lowest BCUT2D eigenvalue weighted by atomic mass is 10.2. The molecule has 0 spiro atoms. The van der Waals surface area contributed by atoms with Gasteiger partial charge in [0.15, 0.2) is 6.39 Å². The lowest BCUT2D eigenvalue weighted by Gasteiger charge is -2.07. The highest BCUT2D eigenvalue weighted by Crippen LogP contribution is 2.09. The summed E-state index contributed by atoms with van der Waals surface area (Å²) in [5, 5.41) is 5.73. The highest BCUT2D eigenvalue weighted by Gasteiger charge is 2.22. The molecule has 0 radical (unpaired) electrons. The number of amides is 1. The van der Waals surface area contributed by atoms with Gasteiger partial charge in [0.25, 0.3) is 0 Å². The standard InChI is InChI=1S/C8H11N3O2/c12-8(6-2-1-3-10-6)11-7-4-9-5-13-7/h4-6,10H,1-3H2,(H,11,12)/t6-/m0/s1. The Morgan fingerprint density at radius 2 is 2.69 bits per heavy atom. The monoisotopic (exact) mass is 181 g/mol. The minimum absolute atomic E-state index is 0.0470. The predicted molar refractivity (Wildman–Crippen MR) is 46.2 cm³/mol. The average molecular weight is 181 g/mol. The van der Waals surface area contributed by atoms with Crippen molar-refractivity contribution >= 4 is 11.8 Å². The summed E-state index contributed by atoms with van der Waals surface area (Å²) in [6.07, 6.45) is 4.71. The highest BCUT2D eigenvalue weighted by molar-refractivity contribution is 5.93. The summed E-state index contributed by atoms with van der Waals surface area (Å²) in [5.41, 5.74) is 0. The van der Waals surface area contributed by atoms with Crippen molar-refractivity contribution < 1.29 is 9.21 Å². The van der Waals surface area contributed by atoms with Crippen LogP contribution in [0.25, 0.3) is 0 Å². The first kappa shape index (κ1) is 8.25. The van der Waals surface area contributed by atoms with E-state index in [1.165, 1.54) is 12.6 Å². The van der Waals surface area contributed by atoms with Crippen LogP contribution in [0.15, 0.2) is 17.0 Å². The van der Waals surface area contributed by atoms with Gasteiger partial charge in [-0.2, -0.15) is 0 Å². The molecule has 1 aliphatic rings. The van der Waals surface area contributed by atoms with Crippen molar-refractivity contribution in [3.63, 3.8) is 0 Å². The molecule has 1 aromatic rings. The second kappa shape index (κ2) is 3.57. The largest absolute Gasteiger partial charge is 0.428 e. The third kappa shape index (κ3) is 1.86. The second-order valence-electron chi connectivity index (χ2n) is 3.00. The van der Waals surface area contributed by atoms with Crippen molar-refractivity contribution in [2.75, 3.05) is 11.9 Å². The summed E-state index contributed by atoms with van der Waals surface area (Å²) in [5.74, 6) is 0.355. The quantitative estimate of drug-likeness (QED) is 0.691. The number of anilines is 1. The first-order valence-electron chi connectivity index (χ1n) is 4.29. The van der Waals surface area contributed by atoms with Gasteiger partial charge in [0.2, 0.25) is 11.8 Å². The fourth-order valence-corrected chi connectivity index (χ4v) is 1.39. The van der Waals surface area contributed by atoms with Crippen molar-refractivity contribution in [2.45, 2.75) is 18.9 Å². The van der Waals surface area contributed by atoms with E-state index in [0.29, 0.717) is 5.88 Å². The number of hydrogen-bond donors (Lipinski definition) is 2. The Hall–Kier alpha value is -1.36. The fourth-order valence-electron chi connectivity index (χ4n) is 1.39.